The molecule has 0 unspecified atom stereocenters. The fourth-order valence-electron chi connectivity index (χ4n) is 3.96. The second-order valence-corrected chi connectivity index (χ2v) is 7.41. The largest absolute Gasteiger partial charge is 0.465 e. The van der Waals surface area contributed by atoms with Crippen LogP contribution in [0, 0.1) is 0 Å². The zero-order chi connectivity index (χ0) is 24.0. The van der Waals surface area contributed by atoms with Gasteiger partial charge in [0, 0.05) is 11.8 Å². The molecule has 1 N–H and O–H groups in total. The lowest BCUT2D eigenvalue weighted by Gasteiger charge is -2.16. The summed E-state index contributed by atoms with van der Waals surface area (Å²) in [5.41, 5.74) is 1.78. The van der Waals surface area contributed by atoms with E-state index in [9.17, 15) is 19.2 Å². The van der Waals surface area contributed by atoms with Crippen molar-refractivity contribution in [2.24, 2.45) is 0 Å². The summed E-state index contributed by atoms with van der Waals surface area (Å²) in [6.45, 7) is 0. The zero-order valence-electron chi connectivity index (χ0n) is 18.0. The molecule has 1 aliphatic rings. The van der Waals surface area contributed by atoms with Crippen molar-refractivity contribution in [2.45, 2.75) is 0 Å². The lowest BCUT2D eigenvalue weighted by Crippen LogP contribution is -2.30. The van der Waals surface area contributed by atoms with Gasteiger partial charge in [0.05, 0.1) is 53.2 Å². The van der Waals surface area contributed by atoms with Gasteiger partial charge in [-0.15, -0.1) is 0 Å². The molecule has 0 aliphatic carbocycles. The maximum atomic E-state index is 13.6. The summed E-state index contributed by atoms with van der Waals surface area (Å²) in [5.74, 6) is -2.76. The van der Waals surface area contributed by atoms with E-state index in [0.717, 1.165) is 10.5 Å². The molecule has 34 heavy (non-hydrogen) atoms. The number of pyridine rings is 1. The van der Waals surface area contributed by atoms with E-state index in [-0.39, 0.29) is 33.6 Å². The van der Waals surface area contributed by atoms with Crippen LogP contribution in [0.2, 0.25) is 0 Å². The number of methoxy groups -OCH3 is 2. The topological polar surface area (TPSA) is 132 Å². The fourth-order valence-corrected chi connectivity index (χ4v) is 3.96. The van der Waals surface area contributed by atoms with Gasteiger partial charge in [0.15, 0.2) is 5.65 Å². The number of H-pyrrole nitrogens is 1. The van der Waals surface area contributed by atoms with Crippen LogP contribution >= 0.6 is 0 Å². The summed E-state index contributed by atoms with van der Waals surface area (Å²) < 4.78 is 9.50. The van der Waals surface area contributed by atoms with Crippen LogP contribution in [-0.2, 0) is 9.47 Å². The van der Waals surface area contributed by atoms with Crippen LogP contribution in [0.25, 0.3) is 22.3 Å². The molecule has 10 nitrogen and oxygen atoms in total. The smallest absolute Gasteiger partial charge is 0.337 e. The Morgan fingerprint density at radius 3 is 2.18 bits per heavy atom. The number of fused-ring (bicyclic) bond motifs is 3. The number of nitrogens with one attached hydrogen (secondary N) is 1. The van der Waals surface area contributed by atoms with Crippen molar-refractivity contribution >= 4 is 40.5 Å². The van der Waals surface area contributed by atoms with Crippen molar-refractivity contribution in [1.82, 2.24) is 15.2 Å². The average molecular weight is 456 g/mol. The number of amides is 2. The van der Waals surface area contributed by atoms with Crippen molar-refractivity contribution in [3.63, 3.8) is 0 Å². The molecule has 4 aromatic rings. The maximum absolute atomic E-state index is 13.6. The SMILES string of the molecule is COC(=O)c1cc(C(=O)OC)cc(N2C(=O)c3cnc4n[nH]c(-c5ccccc5)c4c3C2=O)c1. The van der Waals surface area contributed by atoms with Crippen molar-refractivity contribution in [2.75, 3.05) is 19.1 Å². The number of carbonyl (C=O) groups is 4. The number of imide groups is 1. The number of hydrogen-bond donors (Lipinski definition) is 1. The van der Waals surface area contributed by atoms with Gasteiger partial charge >= 0.3 is 11.9 Å². The highest BCUT2D eigenvalue weighted by Gasteiger charge is 2.40. The van der Waals surface area contributed by atoms with E-state index in [1.807, 2.05) is 30.3 Å². The summed E-state index contributed by atoms with van der Waals surface area (Å²) >= 11 is 0. The minimum Gasteiger partial charge on any atom is -0.465 e. The molecule has 2 amide bonds. The molecule has 2 aromatic carbocycles. The third-order valence-electron chi connectivity index (χ3n) is 5.51. The fraction of sp³-hybridized carbons (Fsp3) is 0.0833. The number of anilines is 1. The first-order chi connectivity index (χ1) is 16.4. The second-order valence-electron chi connectivity index (χ2n) is 7.41. The van der Waals surface area contributed by atoms with Crippen LogP contribution in [0.15, 0.2) is 54.7 Å². The summed E-state index contributed by atoms with van der Waals surface area (Å²) in [4.78, 5) is 56.4. The first-order valence-corrected chi connectivity index (χ1v) is 10.1. The standard InChI is InChI=1S/C24H16N4O6/c1-33-23(31)13-8-14(24(32)34-2)10-15(9-13)28-21(29)16-11-25-20-18(17(16)22(28)30)19(26-27-20)12-6-4-3-5-7-12/h3-11H,1-2H3,(H,25,26,27). The number of benzene rings is 2. The maximum Gasteiger partial charge on any atom is 0.337 e. The minimum absolute atomic E-state index is 0.0199. The van der Waals surface area contributed by atoms with E-state index in [4.69, 9.17) is 9.47 Å². The lowest BCUT2D eigenvalue weighted by atomic mass is 10.0. The van der Waals surface area contributed by atoms with E-state index in [2.05, 4.69) is 15.2 Å². The van der Waals surface area contributed by atoms with E-state index >= 15 is 0 Å². The van der Waals surface area contributed by atoms with Crippen LogP contribution in [0.3, 0.4) is 0 Å². The second kappa shape index (κ2) is 7.93. The Morgan fingerprint density at radius 2 is 1.56 bits per heavy atom. The van der Waals surface area contributed by atoms with Crippen LogP contribution in [0.1, 0.15) is 41.4 Å². The number of nitrogens with zero attached hydrogens (tertiary/aromatic N) is 3. The third kappa shape index (κ3) is 3.12. The molecule has 5 rings (SSSR count). The highest BCUT2D eigenvalue weighted by molar-refractivity contribution is 6.38. The van der Waals surface area contributed by atoms with Crippen molar-refractivity contribution < 1.29 is 28.7 Å². The zero-order valence-corrected chi connectivity index (χ0v) is 18.0. The number of hydrogen-bond acceptors (Lipinski definition) is 8. The molecule has 0 radical (unpaired) electrons. The van der Waals surface area contributed by atoms with E-state index in [0.29, 0.717) is 11.1 Å². The van der Waals surface area contributed by atoms with Gasteiger partial charge in [-0.05, 0) is 18.2 Å². The van der Waals surface area contributed by atoms with E-state index in [1.54, 1.807) is 0 Å². The predicted molar refractivity (Wildman–Crippen MR) is 120 cm³/mol. The van der Waals surface area contributed by atoms with E-state index in [1.165, 1.54) is 38.6 Å². The monoisotopic (exact) mass is 456 g/mol. The van der Waals surface area contributed by atoms with Crippen LogP contribution in [0.4, 0.5) is 5.69 Å². The predicted octanol–water partition coefficient (Wildman–Crippen LogP) is 3.00. The first-order valence-electron chi connectivity index (χ1n) is 10.1. The molecular weight excluding hydrogens is 440 g/mol. The Hall–Kier alpha value is -4.86. The van der Waals surface area contributed by atoms with Gasteiger partial charge in [0.1, 0.15) is 0 Å². The van der Waals surface area contributed by atoms with Crippen molar-refractivity contribution in [3.8, 4) is 11.3 Å². The molecule has 3 heterocycles. The first kappa shape index (κ1) is 21.0. The highest BCUT2D eigenvalue weighted by Crippen LogP contribution is 2.37. The van der Waals surface area contributed by atoms with Gasteiger partial charge in [-0.1, -0.05) is 30.3 Å². The summed E-state index contributed by atoms with van der Waals surface area (Å²) in [6.07, 6.45) is 1.29. The number of aromatic nitrogens is 3. The lowest BCUT2D eigenvalue weighted by molar-refractivity contribution is 0.0598. The van der Waals surface area contributed by atoms with Gasteiger partial charge in [0.2, 0.25) is 0 Å². The Balaban J connectivity index is 1.70. The van der Waals surface area contributed by atoms with Gasteiger partial charge in [0.25, 0.3) is 11.8 Å². The molecule has 0 fully saturated rings. The van der Waals surface area contributed by atoms with Gasteiger partial charge in [-0.25, -0.2) is 19.5 Å². The quantitative estimate of drug-likeness (QED) is 0.366. The van der Waals surface area contributed by atoms with Crippen LogP contribution in [-0.4, -0.2) is 53.2 Å². The number of ether oxygens (including phenoxy) is 2. The molecule has 10 heteroatoms. The molecule has 0 saturated carbocycles. The molecule has 0 atom stereocenters. The van der Waals surface area contributed by atoms with Gasteiger partial charge in [-0.2, -0.15) is 5.10 Å². The average Bonchev–Trinajstić information content (AvgIpc) is 3.41. The van der Waals surface area contributed by atoms with Crippen LogP contribution in [0.5, 0.6) is 0 Å². The Labute approximate surface area is 192 Å². The van der Waals surface area contributed by atoms with Gasteiger partial charge < -0.3 is 9.47 Å². The number of esters is 2. The summed E-state index contributed by atoms with van der Waals surface area (Å²) in [7, 11) is 2.36. The summed E-state index contributed by atoms with van der Waals surface area (Å²) in [5, 5.41) is 7.49. The highest BCUT2D eigenvalue weighted by atomic mass is 16.5. The molecule has 2 aromatic heterocycles. The molecule has 1 aliphatic heterocycles. The normalized spacial score (nSPS) is 12.7. The summed E-state index contributed by atoms with van der Waals surface area (Å²) in [6, 6.07) is 13.1. The number of carbonyl (C=O) groups excluding carboxylic acids is 4. The molecule has 0 bridgehead atoms. The van der Waals surface area contributed by atoms with Crippen molar-refractivity contribution in [3.05, 3.63) is 77.0 Å². The molecule has 168 valence electrons. The molecule has 0 saturated heterocycles. The Bertz CT molecular complexity index is 1470. The Kier molecular flexibility index (Phi) is 4.90. The number of rotatable bonds is 4. The van der Waals surface area contributed by atoms with Crippen molar-refractivity contribution in [1.29, 1.82) is 0 Å². The van der Waals surface area contributed by atoms with E-state index < -0.39 is 23.8 Å². The number of aromatic amines is 1. The van der Waals surface area contributed by atoms with Crippen LogP contribution < -0.4 is 4.90 Å². The third-order valence-corrected chi connectivity index (χ3v) is 5.51. The van der Waals surface area contributed by atoms with Gasteiger partial charge in [-0.3, -0.25) is 14.7 Å². The molecular formula is C24H16N4O6. The Morgan fingerprint density at radius 1 is 0.912 bits per heavy atom. The minimum atomic E-state index is -0.742. The molecule has 0 spiro atoms.